The van der Waals surface area contributed by atoms with Crippen LogP contribution >= 0.6 is 0 Å². The third kappa shape index (κ3) is 2.17. The fourth-order valence-electron chi connectivity index (χ4n) is 1.50. The highest BCUT2D eigenvalue weighted by atomic mass is 16.4. The predicted octanol–water partition coefficient (Wildman–Crippen LogP) is 1.45. The molecule has 3 N–H and O–H groups in total. The van der Waals surface area contributed by atoms with Crippen LogP contribution in [0.25, 0.3) is 11.1 Å². The van der Waals surface area contributed by atoms with Crippen molar-refractivity contribution in [3.63, 3.8) is 0 Å². The second-order valence-electron chi connectivity index (χ2n) is 3.49. The smallest absolute Gasteiger partial charge is 0.337 e. The van der Waals surface area contributed by atoms with Crippen LogP contribution in [0, 0.1) is 0 Å². The number of aromatic amines is 1. The van der Waals surface area contributed by atoms with Gasteiger partial charge in [0.25, 0.3) is 5.56 Å². The number of H-pyrrole nitrogens is 1. The summed E-state index contributed by atoms with van der Waals surface area (Å²) in [5.74, 6) is -1.11. The molecule has 0 saturated carbocycles. The Labute approximate surface area is 96.0 Å². The molecule has 5 heteroatoms. The molecule has 2 rings (SSSR count). The molecule has 2 aromatic rings. The van der Waals surface area contributed by atoms with Crippen LogP contribution in [-0.4, -0.2) is 21.2 Å². The molecule has 0 fully saturated rings. The third-order valence-corrected chi connectivity index (χ3v) is 2.31. The number of aromatic carboxylic acids is 1. The maximum Gasteiger partial charge on any atom is 0.337 e. The number of carboxylic acids is 1. The summed E-state index contributed by atoms with van der Waals surface area (Å²) in [5, 5.41) is 18.1. The summed E-state index contributed by atoms with van der Waals surface area (Å²) in [5.41, 5.74) is 0.263. The molecule has 1 heterocycles. The normalized spacial score (nSPS) is 10.1. The summed E-state index contributed by atoms with van der Waals surface area (Å²) in [6.07, 6.45) is 1.14. The van der Waals surface area contributed by atoms with Crippen LogP contribution in [0.4, 0.5) is 0 Å². The number of hydrogen-bond donors (Lipinski definition) is 3. The van der Waals surface area contributed by atoms with Crippen LogP contribution in [0.2, 0.25) is 0 Å². The first kappa shape index (κ1) is 10.9. The molecular weight excluding hydrogens is 222 g/mol. The van der Waals surface area contributed by atoms with Gasteiger partial charge in [-0.1, -0.05) is 12.1 Å². The van der Waals surface area contributed by atoms with Crippen molar-refractivity contribution in [3.8, 4) is 16.9 Å². The number of carbonyl (C=O) groups is 1. The quantitative estimate of drug-likeness (QED) is 0.729. The lowest BCUT2D eigenvalue weighted by molar-refractivity contribution is 0.0696. The fraction of sp³-hybridized carbons (Fsp3) is 0. The Balaban J connectivity index is 2.62. The first-order valence-corrected chi connectivity index (χ1v) is 4.83. The van der Waals surface area contributed by atoms with Crippen molar-refractivity contribution >= 4 is 5.97 Å². The first-order chi connectivity index (χ1) is 8.08. The highest BCUT2D eigenvalue weighted by Gasteiger charge is 2.09. The monoisotopic (exact) mass is 231 g/mol. The number of aromatic nitrogens is 1. The van der Waals surface area contributed by atoms with Gasteiger partial charge in [0.05, 0.1) is 5.56 Å². The van der Waals surface area contributed by atoms with Gasteiger partial charge in [-0.05, 0) is 23.8 Å². The number of rotatable bonds is 2. The van der Waals surface area contributed by atoms with Crippen molar-refractivity contribution in [1.82, 2.24) is 4.98 Å². The SMILES string of the molecule is O=C(O)c1c[nH]c(=O)c(-c2cccc(O)c2)c1. The van der Waals surface area contributed by atoms with Gasteiger partial charge in [-0.15, -0.1) is 0 Å². The Kier molecular flexibility index (Phi) is 2.66. The maximum atomic E-state index is 11.6. The topological polar surface area (TPSA) is 90.4 Å². The molecule has 86 valence electrons. The van der Waals surface area contributed by atoms with Gasteiger partial charge in [-0.2, -0.15) is 0 Å². The predicted molar refractivity (Wildman–Crippen MR) is 61.1 cm³/mol. The number of pyridine rings is 1. The van der Waals surface area contributed by atoms with Gasteiger partial charge in [-0.25, -0.2) is 4.79 Å². The van der Waals surface area contributed by atoms with Crippen LogP contribution in [0.1, 0.15) is 10.4 Å². The van der Waals surface area contributed by atoms with Gasteiger partial charge < -0.3 is 15.2 Å². The van der Waals surface area contributed by atoms with E-state index in [0.29, 0.717) is 5.56 Å². The largest absolute Gasteiger partial charge is 0.508 e. The molecule has 0 aliphatic heterocycles. The molecule has 0 atom stereocenters. The van der Waals surface area contributed by atoms with E-state index in [1.54, 1.807) is 12.1 Å². The average molecular weight is 231 g/mol. The zero-order valence-corrected chi connectivity index (χ0v) is 8.68. The van der Waals surface area contributed by atoms with E-state index in [9.17, 15) is 14.7 Å². The number of aromatic hydroxyl groups is 1. The molecule has 5 nitrogen and oxygen atoms in total. The van der Waals surface area contributed by atoms with E-state index < -0.39 is 11.5 Å². The summed E-state index contributed by atoms with van der Waals surface area (Å²) in [6.45, 7) is 0. The van der Waals surface area contributed by atoms with E-state index in [4.69, 9.17) is 5.11 Å². The van der Waals surface area contributed by atoms with Crippen molar-refractivity contribution in [2.45, 2.75) is 0 Å². The van der Waals surface area contributed by atoms with E-state index >= 15 is 0 Å². The van der Waals surface area contributed by atoms with Crippen LogP contribution in [-0.2, 0) is 0 Å². The van der Waals surface area contributed by atoms with E-state index in [1.165, 1.54) is 18.2 Å². The summed E-state index contributed by atoms with van der Waals surface area (Å²) in [4.78, 5) is 24.7. The van der Waals surface area contributed by atoms with Gasteiger partial charge in [0.15, 0.2) is 0 Å². The Morgan fingerprint density at radius 1 is 1.24 bits per heavy atom. The van der Waals surface area contributed by atoms with Crippen LogP contribution in [0.3, 0.4) is 0 Å². The van der Waals surface area contributed by atoms with E-state index in [0.717, 1.165) is 6.20 Å². The Bertz CT molecular complexity index is 630. The summed E-state index contributed by atoms with van der Waals surface area (Å²) in [7, 11) is 0. The fourth-order valence-corrected chi connectivity index (χ4v) is 1.50. The molecule has 0 unspecified atom stereocenters. The minimum absolute atomic E-state index is 0.0112. The average Bonchev–Trinajstić information content (AvgIpc) is 2.29. The molecular formula is C12H9NO4. The first-order valence-electron chi connectivity index (χ1n) is 4.83. The highest BCUT2D eigenvalue weighted by molar-refractivity contribution is 5.88. The van der Waals surface area contributed by atoms with Gasteiger partial charge >= 0.3 is 5.97 Å². The number of benzene rings is 1. The number of nitrogens with one attached hydrogen (secondary N) is 1. The minimum atomic E-state index is -1.12. The van der Waals surface area contributed by atoms with E-state index in [2.05, 4.69) is 4.98 Å². The lowest BCUT2D eigenvalue weighted by Gasteiger charge is -2.02. The standard InChI is InChI=1S/C12H9NO4/c14-9-3-1-2-7(4-9)10-5-8(12(16)17)6-13-11(10)15/h1-6,14H,(H,13,15)(H,16,17). The van der Waals surface area contributed by atoms with Crippen LogP contribution < -0.4 is 5.56 Å². The van der Waals surface area contributed by atoms with Crippen molar-refractivity contribution in [1.29, 1.82) is 0 Å². The van der Waals surface area contributed by atoms with Crippen molar-refractivity contribution in [2.75, 3.05) is 0 Å². The lowest BCUT2D eigenvalue weighted by Crippen LogP contribution is -2.11. The van der Waals surface area contributed by atoms with Gasteiger partial charge in [0.1, 0.15) is 5.75 Å². The van der Waals surface area contributed by atoms with Gasteiger partial charge in [0, 0.05) is 11.8 Å². The molecule has 0 aliphatic carbocycles. The molecule has 0 aliphatic rings. The highest BCUT2D eigenvalue weighted by Crippen LogP contribution is 2.20. The molecule has 17 heavy (non-hydrogen) atoms. The summed E-state index contributed by atoms with van der Waals surface area (Å²) < 4.78 is 0. The van der Waals surface area contributed by atoms with Crippen molar-refractivity contribution < 1.29 is 15.0 Å². The van der Waals surface area contributed by atoms with E-state index in [-0.39, 0.29) is 16.9 Å². The Morgan fingerprint density at radius 3 is 2.65 bits per heavy atom. The zero-order chi connectivity index (χ0) is 12.4. The summed E-state index contributed by atoms with van der Waals surface area (Å²) in [6, 6.07) is 7.35. The third-order valence-electron chi connectivity index (χ3n) is 2.31. The Hall–Kier alpha value is -2.56. The minimum Gasteiger partial charge on any atom is -0.508 e. The molecule has 1 aromatic carbocycles. The number of hydrogen-bond acceptors (Lipinski definition) is 3. The molecule has 0 radical (unpaired) electrons. The maximum absolute atomic E-state index is 11.6. The molecule has 0 bridgehead atoms. The van der Waals surface area contributed by atoms with Crippen LogP contribution in [0.15, 0.2) is 41.3 Å². The van der Waals surface area contributed by atoms with Crippen molar-refractivity contribution in [2.24, 2.45) is 0 Å². The molecule has 0 amide bonds. The van der Waals surface area contributed by atoms with Crippen LogP contribution in [0.5, 0.6) is 5.75 Å². The van der Waals surface area contributed by atoms with Gasteiger partial charge in [0.2, 0.25) is 0 Å². The van der Waals surface area contributed by atoms with Crippen molar-refractivity contribution in [3.05, 3.63) is 52.4 Å². The molecule has 0 spiro atoms. The van der Waals surface area contributed by atoms with E-state index in [1.807, 2.05) is 0 Å². The lowest BCUT2D eigenvalue weighted by atomic mass is 10.1. The summed E-state index contributed by atoms with van der Waals surface area (Å²) >= 11 is 0. The number of carboxylic acid groups (broad SMARTS) is 1. The zero-order valence-electron chi connectivity index (χ0n) is 8.68. The van der Waals surface area contributed by atoms with Gasteiger partial charge in [-0.3, -0.25) is 4.79 Å². The number of phenolic OH excluding ortho intramolecular Hbond substituents is 1. The molecule has 1 aromatic heterocycles. The second-order valence-corrected chi connectivity index (χ2v) is 3.49. The second kappa shape index (κ2) is 4.13. The Morgan fingerprint density at radius 2 is 2.00 bits per heavy atom. The number of phenols is 1. The molecule has 0 saturated heterocycles.